The van der Waals surface area contributed by atoms with Gasteiger partial charge in [0.25, 0.3) is 0 Å². The molecule has 94 valence electrons. The quantitative estimate of drug-likeness (QED) is 0.613. The van der Waals surface area contributed by atoms with E-state index >= 15 is 0 Å². The van der Waals surface area contributed by atoms with Crippen molar-refractivity contribution >= 4 is 17.3 Å². The van der Waals surface area contributed by atoms with E-state index in [-0.39, 0.29) is 5.97 Å². The Labute approximate surface area is 106 Å². The van der Waals surface area contributed by atoms with Gasteiger partial charge in [-0.3, -0.25) is 4.79 Å². The van der Waals surface area contributed by atoms with Gasteiger partial charge in [-0.15, -0.1) is 11.3 Å². The lowest BCUT2D eigenvalue weighted by atomic mass is 10.0. The Hall–Kier alpha value is -0.900. The van der Waals surface area contributed by atoms with Crippen LogP contribution in [0.1, 0.15) is 55.1 Å². The fourth-order valence-corrected chi connectivity index (χ4v) is 3.33. The standard InChI is InChI=1S/C13H19NO2S/c1-16-12(15)8-11-9-17-13(14-11)10-6-4-2-3-5-7-10/h9-10H,2-8H2,1H3. The molecule has 0 N–H and O–H groups in total. The number of hydrogen-bond acceptors (Lipinski definition) is 4. The van der Waals surface area contributed by atoms with E-state index in [1.807, 2.05) is 5.38 Å². The number of carbonyl (C=O) groups excluding carboxylic acids is 1. The molecule has 0 spiro atoms. The Balaban J connectivity index is 1.98. The lowest BCUT2D eigenvalue weighted by Crippen LogP contribution is -2.05. The zero-order chi connectivity index (χ0) is 12.1. The summed E-state index contributed by atoms with van der Waals surface area (Å²) in [5.74, 6) is 0.414. The third-order valence-corrected chi connectivity index (χ3v) is 4.38. The Morgan fingerprint density at radius 1 is 1.41 bits per heavy atom. The van der Waals surface area contributed by atoms with E-state index in [4.69, 9.17) is 0 Å². The van der Waals surface area contributed by atoms with E-state index < -0.39 is 0 Å². The summed E-state index contributed by atoms with van der Waals surface area (Å²) in [6, 6.07) is 0. The van der Waals surface area contributed by atoms with Crippen molar-refractivity contribution in [2.45, 2.75) is 50.9 Å². The molecule has 1 aromatic heterocycles. The van der Waals surface area contributed by atoms with Gasteiger partial charge in [0.05, 0.1) is 24.2 Å². The third kappa shape index (κ3) is 3.53. The van der Waals surface area contributed by atoms with E-state index in [1.165, 1.54) is 50.6 Å². The molecule has 1 heterocycles. The van der Waals surface area contributed by atoms with Crippen molar-refractivity contribution < 1.29 is 9.53 Å². The number of ether oxygens (including phenoxy) is 1. The second-order valence-electron chi connectivity index (χ2n) is 4.62. The van der Waals surface area contributed by atoms with E-state index in [0.717, 1.165) is 5.69 Å². The minimum atomic E-state index is -0.206. The largest absolute Gasteiger partial charge is 0.469 e. The van der Waals surface area contributed by atoms with Crippen LogP contribution in [0.5, 0.6) is 0 Å². The molecule has 2 rings (SSSR count). The van der Waals surface area contributed by atoms with Crippen LogP contribution in [0.2, 0.25) is 0 Å². The summed E-state index contributed by atoms with van der Waals surface area (Å²) in [5, 5.41) is 3.21. The van der Waals surface area contributed by atoms with Gasteiger partial charge in [-0.25, -0.2) is 4.98 Å². The summed E-state index contributed by atoms with van der Waals surface area (Å²) in [6.07, 6.45) is 8.16. The number of nitrogens with zero attached hydrogens (tertiary/aromatic N) is 1. The molecule has 17 heavy (non-hydrogen) atoms. The topological polar surface area (TPSA) is 39.2 Å². The first kappa shape index (κ1) is 12.6. The molecule has 0 aliphatic heterocycles. The average molecular weight is 253 g/mol. The van der Waals surface area contributed by atoms with Crippen LogP contribution in [0.15, 0.2) is 5.38 Å². The molecule has 1 aliphatic rings. The molecular weight excluding hydrogens is 234 g/mol. The van der Waals surface area contributed by atoms with Crippen LogP contribution < -0.4 is 0 Å². The van der Waals surface area contributed by atoms with E-state index in [2.05, 4.69) is 9.72 Å². The first-order valence-electron chi connectivity index (χ1n) is 6.30. The van der Waals surface area contributed by atoms with Gasteiger partial charge in [0, 0.05) is 11.3 Å². The maximum Gasteiger partial charge on any atom is 0.311 e. The Morgan fingerprint density at radius 2 is 2.12 bits per heavy atom. The monoisotopic (exact) mass is 253 g/mol. The van der Waals surface area contributed by atoms with Gasteiger partial charge in [-0.2, -0.15) is 0 Å². The summed E-state index contributed by atoms with van der Waals surface area (Å²) in [6.45, 7) is 0. The molecule has 1 saturated carbocycles. The van der Waals surface area contributed by atoms with Crippen LogP contribution in [0, 0.1) is 0 Å². The molecule has 4 heteroatoms. The maximum atomic E-state index is 11.2. The predicted molar refractivity (Wildman–Crippen MR) is 68.3 cm³/mol. The molecule has 0 aromatic carbocycles. The number of hydrogen-bond donors (Lipinski definition) is 0. The highest BCUT2D eigenvalue weighted by atomic mass is 32.1. The molecule has 0 radical (unpaired) electrons. The first-order valence-corrected chi connectivity index (χ1v) is 7.18. The van der Waals surface area contributed by atoms with Crippen molar-refractivity contribution in [2.75, 3.05) is 7.11 Å². The Kier molecular flexibility index (Phi) is 4.54. The van der Waals surface area contributed by atoms with Crippen molar-refractivity contribution in [3.63, 3.8) is 0 Å². The number of esters is 1. The van der Waals surface area contributed by atoms with Gasteiger partial charge in [0.2, 0.25) is 0 Å². The SMILES string of the molecule is COC(=O)Cc1csc(C2CCCCCC2)n1. The van der Waals surface area contributed by atoms with Gasteiger partial charge < -0.3 is 4.74 Å². The van der Waals surface area contributed by atoms with Crippen LogP contribution in [0.3, 0.4) is 0 Å². The number of methoxy groups -OCH3 is 1. The summed E-state index contributed by atoms with van der Waals surface area (Å²) in [4.78, 5) is 15.7. The van der Waals surface area contributed by atoms with Crippen molar-refractivity contribution in [3.05, 3.63) is 16.1 Å². The number of rotatable bonds is 3. The van der Waals surface area contributed by atoms with E-state index in [0.29, 0.717) is 12.3 Å². The van der Waals surface area contributed by atoms with Crippen molar-refractivity contribution in [1.82, 2.24) is 4.98 Å². The zero-order valence-corrected chi connectivity index (χ0v) is 11.1. The molecule has 0 unspecified atom stereocenters. The molecule has 3 nitrogen and oxygen atoms in total. The average Bonchev–Trinajstić information content (AvgIpc) is 2.63. The molecule has 1 aromatic rings. The first-order chi connectivity index (χ1) is 8.29. The Morgan fingerprint density at radius 3 is 2.76 bits per heavy atom. The number of aromatic nitrogens is 1. The van der Waals surface area contributed by atoms with Gasteiger partial charge in [-0.1, -0.05) is 25.7 Å². The van der Waals surface area contributed by atoms with Crippen molar-refractivity contribution in [3.8, 4) is 0 Å². The summed E-state index contributed by atoms with van der Waals surface area (Å²) >= 11 is 1.70. The second kappa shape index (κ2) is 6.15. The van der Waals surface area contributed by atoms with Crippen LogP contribution in [-0.2, 0) is 16.0 Å². The van der Waals surface area contributed by atoms with Crippen LogP contribution in [-0.4, -0.2) is 18.1 Å². The minimum absolute atomic E-state index is 0.206. The predicted octanol–water partition coefficient (Wildman–Crippen LogP) is 3.30. The van der Waals surface area contributed by atoms with Crippen molar-refractivity contribution in [2.24, 2.45) is 0 Å². The van der Waals surface area contributed by atoms with Crippen LogP contribution in [0.4, 0.5) is 0 Å². The molecular formula is C13H19NO2S. The van der Waals surface area contributed by atoms with Gasteiger partial charge in [0.15, 0.2) is 0 Å². The molecule has 0 amide bonds. The van der Waals surface area contributed by atoms with Crippen molar-refractivity contribution in [1.29, 1.82) is 0 Å². The summed E-state index contributed by atoms with van der Waals surface area (Å²) in [5.41, 5.74) is 0.862. The third-order valence-electron chi connectivity index (χ3n) is 3.33. The maximum absolute atomic E-state index is 11.2. The fraction of sp³-hybridized carbons (Fsp3) is 0.692. The molecule has 0 saturated heterocycles. The van der Waals surface area contributed by atoms with Gasteiger partial charge in [-0.05, 0) is 12.8 Å². The lowest BCUT2D eigenvalue weighted by Gasteiger charge is -2.09. The van der Waals surface area contributed by atoms with E-state index in [1.54, 1.807) is 11.3 Å². The highest BCUT2D eigenvalue weighted by molar-refractivity contribution is 7.09. The zero-order valence-electron chi connectivity index (χ0n) is 10.3. The molecule has 1 aliphatic carbocycles. The van der Waals surface area contributed by atoms with Gasteiger partial charge >= 0.3 is 5.97 Å². The van der Waals surface area contributed by atoms with Crippen LogP contribution >= 0.6 is 11.3 Å². The normalized spacial score (nSPS) is 17.7. The molecule has 1 fully saturated rings. The minimum Gasteiger partial charge on any atom is -0.469 e. The van der Waals surface area contributed by atoms with Gasteiger partial charge in [0.1, 0.15) is 0 Å². The summed E-state index contributed by atoms with van der Waals surface area (Å²) in [7, 11) is 1.42. The highest BCUT2D eigenvalue weighted by Gasteiger charge is 2.18. The Bertz CT molecular complexity index is 367. The second-order valence-corrected chi connectivity index (χ2v) is 5.51. The lowest BCUT2D eigenvalue weighted by molar-refractivity contribution is -0.139. The molecule has 0 atom stereocenters. The number of carbonyl (C=O) groups is 1. The smallest absolute Gasteiger partial charge is 0.311 e. The van der Waals surface area contributed by atoms with E-state index in [9.17, 15) is 4.79 Å². The summed E-state index contributed by atoms with van der Waals surface area (Å²) < 4.78 is 4.65. The number of thiazole rings is 1. The van der Waals surface area contributed by atoms with Crippen LogP contribution in [0.25, 0.3) is 0 Å². The highest BCUT2D eigenvalue weighted by Crippen LogP contribution is 2.33. The molecule has 0 bridgehead atoms. The fourth-order valence-electron chi connectivity index (χ4n) is 2.34.